The second kappa shape index (κ2) is 7.72. The SMILES string of the molecule is COc1ccc(-c2cn3ccc(/C=C/c4ccc(SC)cc4)cc3n2)cc1. The van der Waals surface area contributed by atoms with Crippen LogP contribution in [0.25, 0.3) is 29.1 Å². The Kier molecular flexibility index (Phi) is 4.99. The number of thioether (sulfide) groups is 1. The summed E-state index contributed by atoms with van der Waals surface area (Å²) in [5.41, 5.74) is 5.27. The monoisotopic (exact) mass is 372 g/mol. The van der Waals surface area contributed by atoms with Crippen LogP contribution in [0.15, 0.2) is 78.0 Å². The molecule has 0 fully saturated rings. The topological polar surface area (TPSA) is 26.5 Å². The molecule has 0 spiro atoms. The summed E-state index contributed by atoms with van der Waals surface area (Å²) in [6.07, 6.45) is 10.4. The Labute approximate surface area is 163 Å². The molecule has 0 amide bonds. The first-order chi connectivity index (χ1) is 13.2. The maximum atomic E-state index is 5.22. The number of imidazole rings is 1. The van der Waals surface area contributed by atoms with Crippen LogP contribution in [0, 0.1) is 0 Å². The Morgan fingerprint density at radius 1 is 0.926 bits per heavy atom. The highest BCUT2D eigenvalue weighted by Crippen LogP contribution is 2.23. The van der Waals surface area contributed by atoms with Gasteiger partial charge in [0.2, 0.25) is 0 Å². The number of aromatic nitrogens is 2. The van der Waals surface area contributed by atoms with Gasteiger partial charge in [0.25, 0.3) is 0 Å². The van der Waals surface area contributed by atoms with Gasteiger partial charge in [-0.3, -0.25) is 0 Å². The van der Waals surface area contributed by atoms with Crippen LogP contribution in [0.3, 0.4) is 0 Å². The van der Waals surface area contributed by atoms with E-state index in [1.807, 2.05) is 41.1 Å². The molecule has 0 saturated carbocycles. The van der Waals surface area contributed by atoms with Crippen molar-refractivity contribution in [3.8, 4) is 17.0 Å². The van der Waals surface area contributed by atoms with E-state index in [1.165, 1.54) is 10.5 Å². The molecule has 0 bridgehead atoms. The fourth-order valence-corrected chi connectivity index (χ4v) is 3.32. The maximum Gasteiger partial charge on any atom is 0.138 e. The molecule has 3 nitrogen and oxygen atoms in total. The van der Waals surface area contributed by atoms with Crippen LogP contribution in [0.1, 0.15) is 11.1 Å². The summed E-state index contributed by atoms with van der Waals surface area (Å²) in [5, 5.41) is 0. The molecule has 0 aliphatic heterocycles. The fraction of sp³-hybridized carbons (Fsp3) is 0.0870. The molecule has 0 saturated heterocycles. The minimum atomic E-state index is 0.848. The number of methoxy groups -OCH3 is 1. The van der Waals surface area contributed by atoms with Crippen molar-refractivity contribution >= 4 is 29.6 Å². The minimum absolute atomic E-state index is 0.848. The van der Waals surface area contributed by atoms with Gasteiger partial charge in [-0.15, -0.1) is 11.8 Å². The van der Waals surface area contributed by atoms with Crippen LogP contribution >= 0.6 is 11.8 Å². The van der Waals surface area contributed by atoms with E-state index in [4.69, 9.17) is 9.72 Å². The van der Waals surface area contributed by atoms with E-state index in [2.05, 4.69) is 54.8 Å². The predicted molar refractivity (Wildman–Crippen MR) is 114 cm³/mol. The Balaban J connectivity index is 1.58. The summed E-state index contributed by atoms with van der Waals surface area (Å²) in [6.45, 7) is 0. The third-order valence-corrected chi connectivity index (χ3v) is 5.20. The molecule has 0 aliphatic carbocycles. The number of fused-ring (bicyclic) bond motifs is 1. The van der Waals surface area contributed by atoms with Crippen LogP contribution in [0.4, 0.5) is 0 Å². The molecule has 134 valence electrons. The van der Waals surface area contributed by atoms with Crippen molar-refractivity contribution in [1.29, 1.82) is 0 Å². The second-order valence-corrected chi connectivity index (χ2v) is 7.07. The van der Waals surface area contributed by atoms with Gasteiger partial charge >= 0.3 is 0 Å². The van der Waals surface area contributed by atoms with Crippen molar-refractivity contribution < 1.29 is 4.74 Å². The third kappa shape index (κ3) is 3.91. The zero-order chi connectivity index (χ0) is 18.6. The van der Waals surface area contributed by atoms with Crippen molar-refractivity contribution in [1.82, 2.24) is 9.38 Å². The smallest absolute Gasteiger partial charge is 0.138 e. The molecule has 0 unspecified atom stereocenters. The molecule has 4 rings (SSSR count). The lowest BCUT2D eigenvalue weighted by Crippen LogP contribution is -1.83. The molecular weight excluding hydrogens is 352 g/mol. The van der Waals surface area contributed by atoms with Gasteiger partial charge in [-0.1, -0.05) is 24.3 Å². The van der Waals surface area contributed by atoms with Gasteiger partial charge in [-0.05, 0) is 65.9 Å². The fourth-order valence-electron chi connectivity index (χ4n) is 2.91. The van der Waals surface area contributed by atoms with E-state index in [-0.39, 0.29) is 0 Å². The maximum absolute atomic E-state index is 5.22. The van der Waals surface area contributed by atoms with Crippen molar-refractivity contribution in [2.45, 2.75) is 4.90 Å². The van der Waals surface area contributed by atoms with E-state index >= 15 is 0 Å². The van der Waals surface area contributed by atoms with Crippen LogP contribution < -0.4 is 4.74 Å². The number of benzene rings is 2. The summed E-state index contributed by atoms with van der Waals surface area (Å²) < 4.78 is 7.27. The average Bonchev–Trinajstić information content (AvgIpc) is 3.16. The summed E-state index contributed by atoms with van der Waals surface area (Å²) >= 11 is 1.75. The highest BCUT2D eigenvalue weighted by atomic mass is 32.2. The van der Waals surface area contributed by atoms with Gasteiger partial charge < -0.3 is 9.14 Å². The van der Waals surface area contributed by atoms with Gasteiger partial charge in [0.15, 0.2) is 0 Å². The first kappa shape index (κ1) is 17.4. The standard InChI is InChI=1S/C23H20N2OS/c1-26-20-9-7-19(8-10-20)22-16-25-14-13-18(15-23(25)24-22)4-3-17-5-11-21(27-2)12-6-17/h3-16H,1-2H3/b4-3+. The van der Waals surface area contributed by atoms with Crippen LogP contribution in [0.2, 0.25) is 0 Å². The van der Waals surface area contributed by atoms with E-state index in [9.17, 15) is 0 Å². The molecule has 2 aromatic heterocycles. The van der Waals surface area contributed by atoms with E-state index in [1.54, 1.807) is 18.9 Å². The Morgan fingerprint density at radius 2 is 1.67 bits per heavy atom. The molecule has 0 atom stereocenters. The number of hydrogen-bond acceptors (Lipinski definition) is 3. The molecule has 4 aromatic rings. The molecule has 0 radical (unpaired) electrons. The molecule has 4 heteroatoms. The zero-order valence-electron chi connectivity index (χ0n) is 15.3. The Hall–Kier alpha value is -2.98. The average molecular weight is 372 g/mol. The number of nitrogens with zero attached hydrogens (tertiary/aromatic N) is 2. The van der Waals surface area contributed by atoms with Gasteiger partial charge in [-0.25, -0.2) is 4.98 Å². The summed E-state index contributed by atoms with van der Waals surface area (Å²) in [6, 6.07) is 20.7. The molecule has 0 N–H and O–H groups in total. The summed E-state index contributed by atoms with van der Waals surface area (Å²) in [4.78, 5) is 6.04. The molecule has 27 heavy (non-hydrogen) atoms. The summed E-state index contributed by atoms with van der Waals surface area (Å²) in [7, 11) is 1.67. The highest BCUT2D eigenvalue weighted by Gasteiger charge is 2.05. The molecule has 0 aliphatic rings. The lowest BCUT2D eigenvalue weighted by Gasteiger charge is -1.99. The quantitative estimate of drug-likeness (QED) is 0.408. The molecule has 2 aromatic carbocycles. The third-order valence-electron chi connectivity index (χ3n) is 4.45. The van der Waals surface area contributed by atoms with Gasteiger partial charge in [0.1, 0.15) is 11.4 Å². The lowest BCUT2D eigenvalue weighted by molar-refractivity contribution is 0.415. The number of pyridine rings is 1. The first-order valence-electron chi connectivity index (χ1n) is 8.70. The second-order valence-electron chi connectivity index (χ2n) is 6.19. The van der Waals surface area contributed by atoms with Crippen molar-refractivity contribution in [2.24, 2.45) is 0 Å². The van der Waals surface area contributed by atoms with Crippen molar-refractivity contribution in [3.63, 3.8) is 0 Å². The van der Waals surface area contributed by atoms with Gasteiger partial charge in [-0.2, -0.15) is 0 Å². The normalized spacial score (nSPS) is 11.3. The van der Waals surface area contributed by atoms with Gasteiger partial charge in [0.05, 0.1) is 12.8 Å². The Bertz CT molecular complexity index is 1080. The lowest BCUT2D eigenvalue weighted by atomic mass is 10.1. The minimum Gasteiger partial charge on any atom is -0.497 e. The zero-order valence-corrected chi connectivity index (χ0v) is 16.1. The van der Waals surface area contributed by atoms with Crippen LogP contribution in [-0.4, -0.2) is 22.8 Å². The highest BCUT2D eigenvalue weighted by molar-refractivity contribution is 7.98. The van der Waals surface area contributed by atoms with E-state index < -0.39 is 0 Å². The number of rotatable bonds is 5. The van der Waals surface area contributed by atoms with E-state index in [0.29, 0.717) is 0 Å². The van der Waals surface area contributed by atoms with Crippen molar-refractivity contribution in [3.05, 3.63) is 84.2 Å². The van der Waals surface area contributed by atoms with Crippen LogP contribution in [0.5, 0.6) is 5.75 Å². The van der Waals surface area contributed by atoms with Crippen molar-refractivity contribution in [2.75, 3.05) is 13.4 Å². The first-order valence-corrected chi connectivity index (χ1v) is 9.93. The number of hydrogen-bond donors (Lipinski definition) is 0. The number of ether oxygens (including phenoxy) is 1. The molecular formula is C23H20N2OS. The Morgan fingerprint density at radius 3 is 2.37 bits per heavy atom. The van der Waals surface area contributed by atoms with Gasteiger partial charge in [0, 0.05) is 22.9 Å². The molecule has 2 heterocycles. The van der Waals surface area contributed by atoms with Crippen LogP contribution in [-0.2, 0) is 0 Å². The predicted octanol–water partition coefficient (Wildman–Crippen LogP) is 5.90. The largest absolute Gasteiger partial charge is 0.497 e. The summed E-state index contributed by atoms with van der Waals surface area (Å²) in [5.74, 6) is 0.848. The van der Waals surface area contributed by atoms with E-state index in [0.717, 1.165) is 28.2 Å².